The molecule has 0 aliphatic heterocycles. The smallest absolute Gasteiger partial charge is 0.351 e. The number of nitrogens with one attached hydrogen (secondary N) is 2. The Labute approximate surface area is 159 Å². The molecule has 0 atom stereocenters. The molecule has 0 spiro atoms. The molecule has 28 heavy (non-hydrogen) atoms. The maximum absolute atomic E-state index is 13.0. The number of hydrogen-bond acceptors (Lipinski definition) is 3. The SMILES string of the molecule is O=C(NCCCn1nc(C(F)(F)F)c(Cl)c1C1CC1)c1cc(C(F)(F)F)[nH]n1. The Balaban J connectivity index is 1.58. The van der Waals surface area contributed by atoms with Crippen molar-refractivity contribution >= 4 is 17.5 Å². The number of aromatic amines is 1. The molecule has 0 saturated heterocycles. The molecular formula is C15H14ClF6N5O. The zero-order valence-corrected chi connectivity index (χ0v) is 14.8. The molecule has 1 aliphatic carbocycles. The zero-order valence-electron chi connectivity index (χ0n) is 14.1. The zero-order chi connectivity index (χ0) is 20.7. The summed E-state index contributed by atoms with van der Waals surface area (Å²) in [6, 6.07) is 0.573. The number of alkyl halides is 6. The Bertz CT molecular complexity index is 867. The van der Waals surface area contributed by atoms with E-state index >= 15 is 0 Å². The molecule has 13 heteroatoms. The van der Waals surface area contributed by atoms with Crippen molar-refractivity contribution in [1.29, 1.82) is 0 Å². The molecular weight excluding hydrogens is 416 g/mol. The van der Waals surface area contributed by atoms with Crippen LogP contribution in [-0.2, 0) is 18.9 Å². The van der Waals surface area contributed by atoms with Crippen LogP contribution >= 0.6 is 11.6 Å². The molecule has 0 radical (unpaired) electrons. The Hall–Kier alpha value is -2.24. The molecule has 0 unspecified atom stereocenters. The van der Waals surface area contributed by atoms with Gasteiger partial charge in [-0.15, -0.1) is 0 Å². The van der Waals surface area contributed by atoms with Crippen LogP contribution in [0.1, 0.15) is 52.8 Å². The van der Waals surface area contributed by atoms with Crippen LogP contribution in [0.15, 0.2) is 6.07 Å². The summed E-state index contributed by atoms with van der Waals surface area (Å²) in [5, 5.41) is 10.5. The lowest BCUT2D eigenvalue weighted by Crippen LogP contribution is -2.26. The number of H-pyrrole nitrogens is 1. The van der Waals surface area contributed by atoms with E-state index in [0.717, 1.165) is 12.8 Å². The predicted molar refractivity (Wildman–Crippen MR) is 84.8 cm³/mol. The fraction of sp³-hybridized carbons (Fsp3) is 0.533. The summed E-state index contributed by atoms with van der Waals surface area (Å²) in [5.41, 5.74) is -2.41. The van der Waals surface area contributed by atoms with E-state index in [2.05, 4.69) is 15.5 Å². The quantitative estimate of drug-likeness (QED) is 0.538. The number of rotatable bonds is 6. The molecule has 3 rings (SSSR count). The van der Waals surface area contributed by atoms with Crippen LogP contribution in [0, 0.1) is 0 Å². The van der Waals surface area contributed by atoms with Gasteiger partial charge in [-0.3, -0.25) is 14.6 Å². The first kappa shape index (κ1) is 20.5. The molecule has 2 aromatic rings. The number of carbonyl (C=O) groups excluding carboxylic acids is 1. The molecule has 154 valence electrons. The highest BCUT2D eigenvalue weighted by molar-refractivity contribution is 6.32. The van der Waals surface area contributed by atoms with Gasteiger partial charge in [0.2, 0.25) is 0 Å². The van der Waals surface area contributed by atoms with Gasteiger partial charge < -0.3 is 5.32 Å². The van der Waals surface area contributed by atoms with Crippen molar-refractivity contribution in [2.24, 2.45) is 0 Å². The lowest BCUT2D eigenvalue weighted by molar-refractivity contribution is -0.142. The molecule has 2 heterocycles. The molecule has 2 aromatic heterocycles. The van der Waals surface area contributed by atoms with Crippen LogP contribution in [0.4, 0.5) is 26.3 Å². The summed E-state index contributed by atoms with van der Waals surface area (Å²) < 4.78 is 77.6. The van der Waals surface area contributed by atoms with E-state index in [1.165, 1.54) is 4.68 Å². The Morgan fingerprint density at radius 2 is 1.93 bits per heavy atom. The number of halogens is 7. The van der Waals surface area contributed by atoms with Crippen molar-refractivity contribution in [3.05, 3.63) is 33.9 Å². The largest absolute Gasteiger partial charge is 0.436 e. The first-order valence-corrected chi connectivity index (χ1v) is 8.60. The van der Waals surface area contributed by atoms with E-state index in [4.69, 9.17) is 11.6 Å². The minimum Gasteiger partial charge on any atom is -0.351 e. The van der Waals surface area contributed by atoms with Gasteiger partial charge in [0, 0.05) is 25.1 Å². The van der Waals surface area contributed by atoms with Gasteiger partial charge in [0.05, 0.1) is 10.7 Å². The van der Waals surface area contributed by atoms with Crippen molar-refractivity contribution in [1.82, 2.24) is 25.3 Å². The maximum atomic E-state index is 13.0. The molecule has 1 amide bonds. The number of nitrogens with zero attached hydrogens (tertiary/aromatic N) is 3. The van der Waals surface area contributed by atoms with Gasteiger partial charge in [0.25, 0.3) is 5.91 Å². The number of hydrogen-bond donors (Lipinski definition) is 2. The van der Waals surface area contributed by atoms with Crippen LogP contribution in [0.3, 0.4) is 0 Å². The Kier molecular flexibility index (Phi) is 5.34. The molecule has 1 aliphatic rings. The van der Waals surface area contributed by atoms with Crippen LogP contribution < -0.4 is 5.32 Å². The third kappa shape index (κ3) is 4.42. The van der Waals surface area contributed by atoms with Gasteiger partial charge in [0.15, 0.2) is 11.4 Å². The van der Waals surface area contributed by atoms with E-state index in [0.29, 0.717) is 11.8 Å². The summed E-state index contributed by atoms with van der Waals surface area (Å²) in [4.78, 5) is 11.8. The fourth-order valence-corrected chi connectivity index (χ4v) is 3.05. The Morgan fingerprint density at radius 1 is 1.25 bits per heavy atom. The van der Waals surface area contributed by atoms with Crippen molar-refractivity contribution < 1.29 is 31.1 Å². The lowest BCUT2D eigenvalue weighted by atomic mass is 10.2. The number of carbonyl (C=O) groups is 1. The summed E-state index contributed by atoms with van der Waals surface area (Å²) in [6.07, 6.45) is -7.67. The number of aromatic nitrogens is 4. The third-order valence-corrected chi connectivity index (χ3v) is 4.48. The second-order valence-electron chi connectivity index (χ2n) is 6.32. The normalized spacial score (nSPS) is 15.1. The van der Waals surface area contributed by atoms with Crippen molar-refractivity contribution in [2.75, 3.05) is 6.54 Å². The summed E-state index contributed by atoms with van der Waals surface area (Å²) in [5.74, 6) is -0.904. The summed E-state index contributed by atoms with van der Waals surface area (Å²) in [7, 11) is 0. The minimum atomic E-state index is -4.67. The number of amides is 1. The molecule has 1 fully saturated rings. The van der Waals surface area contributed by atoms with Gasteiger partial charge in [0.1, 0.15) is 5.69 Å². The van der Waals surface area contributed by atoms with Crippen molar-refractivity contribution in [3.8, 4) is 0 Å². The van der Waals surface area contributed by atoms with E-state index < -0.39 is 40.4 Å². The highest BCUT2D eigenvalue weighted by Crippen LogP contribution is 2.46. The minimum absolute atomic E-state index is 0.00990. The van der Waals surface area contributed by atoms with Gasteiger partial charge >= 0.3 is 12.4 Å². The Morgan fingerprint density at radius 3 is 2.46 bits per heavy atom. The topological polar surface area (TPSA) is 75.6 Å². The van der Waals surface area contributed by atoms with E-state index in [9.17, 15) is 31.1 Å². The fourth-order valence-electron chi connectivity index (χ4n) is 2.66. The van der Waals surface area contributed by atoms with Crippen LogP contribution in [0.5, 0.6) is 0 Å². The average molecular weight is 430 g/mol. The molecule has 0 bridgehead atoms. The third-order valence-electron chi connectivity index (χ3n) is 4.11. The monoisotopic (exact) mass is 429 g/mol. The van der Waals surface area contributed by atoms with Crippen molar-refractivity contribution in [2.45, 2.75) is 44.1 Å². The highest BCUT2D eigenvalue weighted by atomic mass is 35.5. The van der Waals surface area contributed by atoms with Gasteiger partial charge in [-0.1, -0.05) is 11.6 Å². The van der Waals surface area contributed by atoms with Crippen LogP contribution in [0.2, 0.25) is 5.02 Å². The molecule has 6 nitrogen and oxygen atoms in total. The van der Waals surface area contributed by atoms with E-state index in [1.807, 2.05) is 0 Å². The first-order chi connectivity index (χ1) is 13.0. The van der Waals surface area contributed by atoms with Gasteiger partial charge in [-0.05, 0) is 19.3 Å². The standard InChI is InChI=1S/C15H14ClF6N5O/c16-10-11(7-2-3-7)27(26-12(10)15(20,21)22)5-1-4-23-13(28)8-6-9(25-24-8)14(17,18)19/h6-7H,1-5H2,(H,23,28)(H,24,25). The number of aryl methyl sites for hydroxylation is 1. The van der Waals surface area contributed by atoms with E-state index in [1.54, 1.807) is 5.10 Å². The summed E-state index contributed by atoms with van der Waals surface area (Å²) >= 11 is 5.85. The second kappa shape index (κ2) is 7.30. The maximum Gasteiger partial charge on any atom is 0.436 e. The van der Waals surface area contributed by atoms with Gasteiger partial charge in [-0.2, -0.15) is 36.5 Å². The van der Waals surface area contributed by atoms with Crippen LogP contribution in [-0.4, -0.2) is 32.4 Å². The lowest BCUT2D eigenvalue weighted by Gasteiger charge is -2.07. The summed E-state index contributed by atoms with van der Waals surface area (Å²) in [6.45, 7) is 0.0757. The van der Waals surface area contributed by atoms with E-state index in [-0.39, 0.29) is 25.4 Å². The molecule has 0 aromatic carbocycles. The average Bonchev–Trinajstić information content (AvgIpc) is 3.15. The molecule has 1 saturated carbocycles. The van der Waals surface area contributed by atoms with Gasteiger partial charge in [-0.25, -0.2) is 0 Å². The van der Waals surface area contributed by atoms with Crippen LogP contribution in [0.25, 0.3) is 0 Å². The predicted octanol–water partition coefficient (Wildman–Crippen LogP) is 3.99. The highest BCUT2D eigenvalue weighted by Gasteiger charge is 2.42. The molecule has 2 N–H and O–H groups in total. The second-order valence-corrected chi connectivity index (χ2v) is 6.70. The van der Waals surface area contributed by atoms with Crippen molar-refractivity contribution in [3.63, 3.8) is 0 Å². The first-order valence-electron chi connectivity index (χ1n) is 8.22.